The van der Waals surface area contributed by atoms with Gasteiger partial charge in [0, 0.05) is 0 Å². The van der Waals surface area contributed by atoms with Crippen LogP contribution in [0.1, 0.15) is 11.1 Å². The van der Waals surface area contributed by atoms with Crippen molar-refractivity contribution in [3.63, 3.8) is 0 Å². The summed E-state index contributed by atoms with van der Waals surface area (Å²) in [6.07, 6.45) is -4.50. The molecule has 5 heteroatoms. The van der Waals surface area contributed by atoms with E-state index in [0.717, 1.165) is 0 Å². The molecule has 0 fully saturated rings. The molecular formula is C20H14BrF3O. The Morgan fingerprint density at radius 2 is 1.04 bits per heavy atom. The predicted octanol–water partition coefficient (Wildman–Crippen LogP) is 6.68. The smallest absolute Gasteiger partial charge is 0.411 e. The van der Waals surface area contributed by atoms with Gasteiger partial charge in [0.15, 0.2) is 4.32 Å². The summed E-state index contributed by atoms with van der Waals surface area (Å²) < 4.78 is 44.9. The van der Waals surface area contributed by atoms with E-state index >= 15 is 0 Å². The molecule has 0 bridgehead atoms. The fourth-order valence-corrected chi connectivity index (χ4v) is 3.07. The van der Waals surface area contributed by atoms with Crippen LogP contribution in [0.3, 0.4) is 0 Å². The van der Waals surface area contributed by atoms with Gasteiger partial charge < -0.3 is 4.74 Å². The van der Waals surface area contributed by atoms with Crippen molar-refractivity contribution in [2.24, 2.45) is 0 Å². The van der Waals surface area contributed by atoms with Gasteiger partial charge in [0.05, 0.1) is 0 Å². The molecule has 0 N–H and O–H groups in total. The van der Waals surface area contributed by atoms with Crippen molar-refractivity contribution in [1.29, 1.82) is 0 Å². The maximum Gasteiger partial charge on any atom is 0.411 e. The fourth-order valence-electron chi connectivity index (χ4n) is 2.54. The molecule has 0 saturated heterocycles. The normalized spacial score (nSPS) is 13.9. The van der Waals surface area contributed by atoms with E-state index in [9.17, 15) is 13.2 Å². The summed E-state index contributed by atoms with van der Waals surface area (Å²) in [6.45, 7) is 0. The van der Waals surface area contributed by atoms with Crippen LogP contribution >= 0.6 is 15.9 Å². The van der Waals surface area contributed by atoms with E-state index in [1.807, 2.05) is 18.2 Å². The lowest BCUT2D eigenvalue weighted by atomic mass is 9.90. The van der Waals surface area contributed by atoms with Gasteiger partial charge in [0.1, 0.15) is 11.5 Å². The van der Waals surface area contributed by atoms with E-state index in [1.54, 1.807) is 30.3 Å². The van der Waals surface area contributed by atoms with Crippen LogP contribution in [0.15, 0.2) is 84.9 Å². The number of para-hydroxylation sites is 1. The largest absolute Gasteiger partial charge is 0.457 e. The van der Waals surface area contributed by atoms with Crippen LogP contribution in [0.4, 0.5) is 13.2 Å². The van der Waals surface area contributed by atoms with Crippen LogP contribution < -0.4 is 4.74 Å². The van der Waals surface area contributed by atoms with E-state index < -0.39 is 10.5 Å². The summed E-state index contributed by atoms with van der Waals surface area (Å²) in [5.74, 6) is 1.10. The minimum atomic E-state index is -4.50. The number of hydrogen-bond donors (Lipinski definition) is 0. The molecule has 0 aliphatic heterocycles. The Morgan fingerprint density at radius 3 is 1.56 bits per heavy atom. The van der Waals surface area contributed by atoms with E-state index in [2.05, 4.69) is 15.9 Å². The lowest BCUT2D eigenvalue weighted by Gasteiger charge is -2.31. The van der Waals surface area contributed by atoms with Gasteiger partial charge in [-0.3, -0.25) is 0 Å². The van der Waals surface area contributed by atoms with Gasteiger partial charge >= 0.3 is 6.18 Å². The topological polar surface area (TPSA) is 9.23 Å². The van der Waals surface area contributed by atoms with Crippen molar-refractivity contribution in [1.82, 2.24) is 0 Å². The zero-order valence-electron chi connectivity index (χ0n) is 13.0. The highest BCUT2D eigenvalue weighted by atomic mass is 79.9. The Kier molecular flexibility index (Phi) is 4.86. The second-order valence-electron chi connectivity index (χ2n) is 5.46. The molecule has 0 aromatic heterocycles. The molecule has 3 rings (SSSR count). The highest BCUT2D eigenvalue weighted by molar-refractivity contribution is 9.09. The van der Waals surface area contributed by atoms with Crippen molar-refractivity contribution in [2.45, 2.75) is 10.5 Å². The van der Waals surface area contributed by atoms with Crippen molar-refractivity contribution in [2.75, 3.05) is 0 Å². The highest BCUT2D eigenvalue weighted by Crippen LogP contribution is 2.51. The average molecular weight is 407 g/mol. The molecule has 3 aromatic rings. The van der Waals surface area contributed by atoms with Crippen molar-refractivity contribution >= 4 is 15.9 Å². The quantitative estimate of drug-likeness (QED) is 0.439. The summed E-state index contributed by atoms with van der Waals surface area (Å²) in [7, 11) is 0. The first-order chi connectivity index (χ1) is 11.9. The first-order valence-corrected chi connectivity index (χ1v) is 8.35. The third-order valence-electron chi connectivity index (χ3n) is 3.79. The van der Waals surface area contributed by atoms with Crippen LogP contribution in [0.5, 0.6) is 11.5 Å². The maximum absolute atomic E-state index is 13.8. The number of halogens is 4. The van der Waals surface area contributed by atoms with Gasteiger partial charge in [0.25, 0.3) is 0 Å². The number of rotatable bonds is 4. The van der Waals surface area contributed by atoms with Gasteiger partial charge in [-0.15, -0.1) is 0 Å². The predicted molar refractivity (Wildman–Crippen MR) is 95.2 cm³/mol. The van der Waals surface area contributed by atoms with Crippen LogP contribution in [-0.4, -0.2) is 6.18 Å². The second-order valence-corrected chi connectivity index (χ2v) is 6.65. The molecule has 1 unspecified atom stereocenters. The molecule has 25 heavy (non-hydrogen) atoms. The summed E-state index contributed by atoms with van der Waals surface area (Å²) in [5, 5.41) is 0. The average Bonchev–Trinajstić information content (AvgIpc) is 2.62. The Labute approximate surface area is 152 Å². The fraction of sp³-hybridized carbons (Fsp3) is 0.100. The molecule has 0 heterocycles. The van der Waals surface area contributed by atoms with E-state index in [4.69, 9.17) is 4.74 Å². The van der Waals surface area contributed by atoms with E-state index in [-0.39, 0.29) is 11.1 Å². The van der Waals surface area contributed by atoms with Gasteiger partial charge in [-0.2, -0.15) is 13.2 Å². The number of ether oxygens (including phenoxy) is 1. The maximum atomic E-state index is 13.8. The van der Waals surface area contributed by atoms with Crippen LogP contribution in [0.25, 0.3) is 0 Å². The third kappa shape index (κ3) is 3.56. The van der Waals surface area contributed by atoms with E-state index in [0.29, 0.717) is 11.5 Å². The monoisotopic (exact) mass is 406 g/mol. The van der Waals surface area contributed by atoms with E-state index in [1.165, 1.54) is 36.4 Å². The summed E-state index contributed by atoms with van der Waals surface area (Å²) in [6, 6.07) is 22.8. The highest BCUT2D eigenvalue weighted by Gasteiger charge is 2.55. The molecule has 0 spiro atoms. The molecule has 1 nitrogen and oxygen atoms in total. The van der Waals surface area contributed by atoms with Gasteiger partial charge in [-0.25, -0.2) is 0 Å². The molecule has 3 aromatic carbocycles. The molecule has 0 aliphatic rings. The molecule has 128 valence electrons. The zero-order valence-corrected chi connectivity index (χ0v) is 14.6. The Bertz CT molecular complexity index is 817. The van der Waals surface area contributed by atoms with Crippen molar-refractivity contribution in [3.8, 4) is 11.5 Å². The second kappa shape index (κ2) is 6.92. The van der Waals surface area contributed by atoms with Gasteiger partial charge in [0.2, 0.25) is 0 Å². The van der Waals surface area contributed by atoms with Gasteiger partial charge in [-0.05, 0) is 35.4 Å². The Hall–Kier alpha value is -2.27. The lowest BCUT2D eigenvalue weighted by molar-refractivity contribution is -0.149. The summed E-state index contributed by atoms with van der Waals surface area (Å²) >= 11 is 2.95. The molecule has 1 atom stereocenters. The zero-order chi connectivity index (χ0) is 17.9. The molecular weight excluding hydrogens is 393 g/mol. The van der Waals surface area contributed by atoms with Crippen molar-refractivity contribution in [3.05, 3.63) is 96.1 Å². The lowest BCUT2D eigenvalue weighted by Crippen LogP contribution is -2.37. The first-order valence-electron chi connectivity index (χ1n) is 7.56. The van der Waals surface area contributed by atoms with Crippen molar-refractivity contribution < 1.29 is 17.9 Å². The molecule has 0 amide bonds. The summed E-state index contributed by atoms with van der Waals surface area (Å²) in [5.41, 5.74) is 0.214. The first kappa shape index (κ1) is 17.5. The minimum Gasteiger partial charge on any atom is -0.457 e. The standard InChI is InChI=1S/C20H14BrF3O/c21-19(20(22,23)24,15-7-3-1-4-8-15)16-11-13-18(14-12-16)25-17-9-5-2-6-10-17/h1-14H. The SMILES string of the molecule is FC(F)(F)C(Br)(c1ccccc1)c1ccc(Oc2ccccc2)cc1. The Balaban J connectivity index is 1.95. The van der Waals surface area contributed by atoms with Crippen LogP contribution in [0.2, 0.25) is 0 Å². The number of alkyl halides is 4. The molecule has 0 saturated carbocycles. The van der Waals surface area contributed by atoms with Crippen LogP contribution in [-0.2, 0) is 4.32 Å². The molecule has 0 radical (unpaired) electrons. The van der Waals surface area contributed by atoms with Crippen LogP contribution in [0, 0.1) is 0 Å². The third-order valence-corrected chi connectivity index (χ3v) is 5.16. The summed E-state index contributed by atoms with van der Waals surface area (Å²) in [4.78, 5) is 0. The van der Waals surface area contributed by atoms with Gasteiger partial charge in [-0.1, -0.05) is 76.6 Å². The number of benzene rings is 3. The number of hydrogen-bond acceptors (Lipinski definition) is 1. The minimum absolute atomic E-state index is 0.0895. The Morgan fingerprint density at radius 1 is 0.600 bits per heavy atom. The molecule has 0 aliphatic carbocycles.